The van der Waals surface area contributed by atoms with Crippen molar-refractivity contribution in [2.24, 2.45) is 5.92 Å². The van der Waals surface area contributed by atoms with Crippen molar-refractivity contribution < 1.29 is 19.4 Å². The van der Waals surface area contributed by atoms with Crippen LogP contribution in [-0.4, -0.2) is 40.8 Å². The molecule has 1 heterocycles. The lowest BCUT2D eigenvalue weighted by molar-refractivity contribution is 0.0273. The average molecular weight is 253 g/mol. The van der Waals surface area contributed by atoms with Crippen LogP contribution in [0.3, 0.4) is 0 Å². The Morgan fingerprint density at radius 1 is 1.56 bits per heavy atom. The van der Waals surface area contributed by atoms with Crippen molar-refractivity contribution in [3.63, 3.8) is 0 Å². The lowest BCUT2D eigenvalue weighted by Crippen LogP contribution is -2.36. The van der Waals surface area contributed by atoms with Crippen LogP contribution in [0.5, 0.6) is 0 Å². The number of aromatic carboxylic acids is 1. The van der Waals surface area contributed by atoms with Crippen LogP contribution in [0.2, 0.25) is 0 Å². The van der Waals surface area contributed by atoms with Crippen molar-refractivity contribution in [3.8, 4) is 0 Å². The fourth-order valence-electron chi connectivity index (χ4n) is 2.43. The van der Waals surface area contributed by atoms with Crippen LogP contribution in [0.1, 0.15) is 34.7 Å². The highest BCUT2D eigenvalue weighted by molar-refractivity contribution is 5.84. The lowest BCUT2D eigenvalue weighted by Gasteiger charge is -2.34. The minimum atomic E-state index is -1.03. The standard InChI is InChI=1S/C13H19NO4/c1-8-10(5-12(18-8)13(16)17)7-14(2)6-9-3-11(15)4-9/h5,9,11,15H,3-4,6-7H2,1-2H3,(H,16,17). The summed E-state index contributed by atoms with van der Waals surface area (Å²) >= 11 is 0. The minimum absolute atomic E-state index is 0.00466. The SMILES string of the molecule is Cc1oc(C(=O)O)cc1CN(C)CC1CC(O)C1. The number of hydrogen-bond donors (Lipinski definition) is 2. The molecule has 5 heteroatoms. The number of carboxylic acids is 1. The van der Waals surface area contributed by atoms with Crippen molar-refractivity contribution in [3.05, 3.63) is 23.2 Å². The number of carboxylic acid groups (broad SMARTS) is 1. The van der Waals surface area contributed by atoms with Gasteiger partial charge in [-0.3, -0.25) is 0 Å². The Labute approximate surface area is 106 Å². The third-order valence-electron chi connectivity index (χ3n) is 3.45. The van der Waals surface area contributed by atoms with Gasteiger partial charge < -0.3 is 19.5 Å². The van der Waals surface area contributed by atoms with E-state index in [-0.39, 0.29) is 11.9 Å². The van der Waals surface area contributed by atoms with Crippen molar-refractivity contribution in [1.82, 2.24) is 4.90 Å². The first-order valence-electron chi connectivity index (χ1n) is 6.15. The van der Waals surface area contributed by atoms with Crippen molar-refractivity contribution in [2.45, 2.75) is 32.4 Å². The molecule has 0 aromatic carbocycles. The average Bonchev–Trinajstić information content (AvgIpc) is 2.58. The van der Waals surface area contributed by atoms with Gasteiger partial charge in [0.2, 0.25) is 5.76 Å². The number of aryl methyl sites for hydroxylation is 1. The lowest BCUT2D eigenvalue weighted by atomic mass is 9.82. The highest BCUT2D eigenvalue weighted by Gasteiger charge is 2.28. The van der Waals surface area contributed by atoms with Crippen LogP contribution in [0.4, 0.5) is 0 Å². The minimum Gasteiger partial charge on any atom is -0.475 e. The van der Waals surface area contributed by atoms with Gasteiger partial charge >= 0.3 is 5.97 Å². The molecule has 0 aliphatic heterocycles. The molecule has 0 saturated heterocycles. The maximum Gasteiger partial charge on any atom is 0.371 e. The summed E-state index contributed by atoms with van der Waals surface area (Å²) in [5.41, 5.74) is 0.912. The number of aliphatic hydroxyl groups is 1. The molecule has 0 unspecified atom stereocenters. The van der Waals surface area contributed by atoms with Crippen molar-refractivity contribution in [1.29, 1.82) is 0 Å². The molecular weight excluding hydrogens is 234 g/mol. The molecule has 1 aliphatic carbocycles. The Morgan fingerprint density at radius 2 is 2.22 bits per heavy atom. The van der Waals surface area contributed by atoms with E-state index in [9.17, 15) is 9.90 Å². The smallest absolute Gasteiger partial charge is 0.371 e. The number of furan rings is 1. The van der Waals surface area contributed by atoms with E-state index in [4.69, 9.17) is 9.52 Å². The molecule has 5 nitrogen and oxygen atoms in total. The van der Waals surface area contributed by atoms with Crippen molar-refractivity contribution >= 4 is 5.97 Å². The number of aliphatic hydroxyl groups excluding tert-OH is 1. The van der Waals surface area contributed by atoms with E-state index >= 15 is 0 Å². The highest BCUT2D eigenvalue weighted by Crippen LogP contribution is 2.28. The second-order valence-electron chi connectivity index (χ2n) is 5.19. The molecule has 1 aliphatic rings. The summed E-state index contributed by atoms with van der Waals surface area (Å²) in [7, 11) is 2.00. The van der Waals surface area contributed by atoms with Gasteiger partial charge in [-0.25, -0.2) is 4.79 Å². The van der Waals surface area contributed by atoms with Crippen LogP contribution in [-0.2, 0) is 6.54 Å². The zero-order valence-electron chi connectivity index (χ0n) is 10.7. The van der Waals surface area contributed by atoms with Gasteiger partial charge in [-0.2, -0.15) is 0 Å². The molecule has 0 bridgehead atoms. The third kappa shape index (κ3) is 2.91. The Bertz CT molecular complexity index is 434. The van der Waals surface area contributed by atoms with Gasteiger partial charge in [0, 0.05) is 18.7 Å². The van der Waals surface area contributed by atoms with E-state index in [0.717, 1.165) is 24.9 Å². The number of carbonyl (C=O) groups is 1. The van der Waals surface area contributed by atoms with Crippen LogP contribution in [0, 0.1) is 12.8 Å². The van der Waals surface area contributed by atoms with Crippen LogP contribution in [0.15, 0.2) is 10.5 Å². The second-order valence-corrected chi connectivity index (χ2v) is 5.19. The third-order valence-corrected chi connectivity index (χ3v) is 3.45. The maximum absolute atomic E-state index is 10.8. The summed E-state index contributed by atoms with van der Waals surface area (Å²) in [4.78, 5) is 12.9. The predicted molar refractivity (Wildman–Crippen MR) is 65.5 cm³/mol. The Hall–Kier alpha value is -1.33. The van der Waals surface area contributed by atoms with Crippen LogP contribution < -0.4 is 0 Å². The van der Waals surface area contributed by atoms with Crippen LogP contribution in [0.25, 0.3) is 0 Å². The summed E-state index contributed by atoms with van der Waals surface area (Å²) in [6, 6.07) is 1.59. The Balaban J connectivity index is 1.90. The fraction of sp³-hybridized carbons (Fsp3) is 0.615. The monoisotopic (exact) mass is 253 g/mol. The van der Waals surface area contributed by atoms with E-state index in [2.05, 4.69) is 4.90 Å². The van der Waals surface area contributed by atoms with Crippen molar-refractivity contribution in [2.75, 3.05) is 13.6 Å². The van der Waals surface area contributed by atoms with E-state index in [1.807, 2.05) is 7.05 Å². The molecule has 1 saturated carbocycles. The normalized spacial score (nSPS) is 23.1. The zero-order valence-corrected chi connectivity index (χ0v) is 10.7. The van der Waals surface area contributed by atoms with E-state index in [1.165, 1.54) is 0 Å². The molecule has 0 radical (unpaired) electrons. The molecular formula is C13H19NO4. The van der Waals surface area contributed by atoms with Gasteiger partial charge in [0.25, 0.3) is 0 Å². The van der Waals surface area contributed by atoms with Gasteiger partial charge in [0.05, 0.1) is 6.10 Å². The van der Waals surface area contributed by atoms with Crippen LogP contribution >= 0.6 is 0 Å². The number of hydrogen-bond acceptors (Lipinski definition) is 4. The zero-order chi connectivity index (χ0) is 13.3. The molecule has 0 atom stereocenters. The molecule has 2 rings (SSSR count). The van der Waals surface area contributed by atoms with E-state index in [1.54, 1.807) is 13.0 Å². The molecule has 1 fully saturated rings. The Morgan fingerprint density at radius 3 is 2.72 bits per heavy atom. The summed E-state index contributed by atoms with van der Waals surface area (Å²) < 4.78 is 5.17. The highest BCUT2D eigenvalue weighted by atomic mass is 16.4. The molecule has 1 aromatic heterocycles. The Kier molecular flexibility index (Phi) is 3.73. The van der Waals surface area contributed by atoms with Gasteiger partial charge in [-0.15, -0.1) is 0 Å². The van der Waals surface area contributed by atoms with Gasteiger partial charge in [-0.1, -0.05) is 0 Å². The first kappa shape index (κ1) is 13.1. The van der Waals surface area contributed by atoms with E-state index < -0.39 is 5.97 Å². The summed E-state index contributed by atoms with van der Waals surface area (Å²) in [6.07, 6.45) is 1.61. The summed E-state index contributed by atoms with van der Waals surface area (Å²) in [6.45, 7) is 3.38. The largest absolute Gasteiger partial charge is 0.475 e. The molecule has 1 aromatic rings. The maximum atomic E-state index is 10.8. The second kappa shape index (κ2) is 5.12. The summed E-state index contributed by atoms with van der Waals surface area (Å²) in [5, 5.41) is 18.1. The molecule has 2 N–H and O–H groups in total. The fourth-order valence-corrected chi connectivity index (χ4v) is 2.43. The first-order chi connectivity index (χ1) is 8.45. The molecule has 18 heavy (non-hydrogen) atoms. The predicted octanol–water partition coefficient (Wildman–Crippen LogP) is 1.49. The quantitative estimate of drug-likeness (QED) is 0.831. The number of nitrogens with zero attached hydrogens (tertiary/aromatic N) is 1. The topological polar surface area (TPSA) is 73.9 Å². The van der Waals surface area contributed by atoms with E-state index in [0.29, 0.717) is 18.2 Å². The first-order valence-corrected chi connectivity index (χ1v) is 6.15. The molecule has 0 spiro atoms. The van der Waals surface area contributed by atoms with Gasteiger partial charge in [-0.05, 0) is 38.8 Å². The number of rotatable bonds is 5. The summed E-state index contributed by atoms with van der Waals surface area (Å²) in [5.74, 6) is 0.174. The van der Waals surface area contributed by atoms with Gasteiger partial charge in [0.15, 0.2) is 0 Å². The van der Waals surface area contributed by atoms with Gasteiger partial charge in [0.1, 0.15) is 5.76 Å². The molecule has 100 valence electrons. The molecule has 0 amide bonds.